The molecule has 0 saturated heterocycles. The first-order chi connectivity index (χ1) is 9.69. The van der Waals surface area contributed by atoms with E-state index in [1.165, 1.54) is 6.07 Å². The van der Waals surface area contributed by atoms with Gasteiger partial charge in [-0.05, 0) is 38.0 Å². The molecular weight excluding hydrogens is 321 g/mol. The SMILES string of the molecule is CCNC(=NCc1cc(Br)ccc1F)NC1CC=CC1. The number of hydrogen-bond acceptors (Lipinski definition) is 1. The molecule has 2 N–H and O–H groups in total. The van der Waals surface area contributed by atoms with Crippen LogP contribution in [0.15, 0.2) is 39.8 Å². The summed E-state index contributed by atoms with van der Waals surface area (Å²) in [6.07, 6.45) is 6.34. The largest absolute Gasteiger partial charge is 0.357 e. The molecule has 0 heterocycles. The molecule has 1 aliphatic rings. The quantitative estimate of drug-likeness (QED) is 0.501. The lowest BCUT2D eigenvalue weighted by molar-refractivity contribution is 0.607. The van der Waals surface area contributed by atoms with Crippen molar-refractivity contribution in [1.29, 1.82) is 0 Å². The summed E-state index contributed by atoms with van der Waals surface area (Å²) in [7, 11) is 0. The van der Waals surface area contributed by atoms with Crippen molar-refractivity contribution in [3.05, 3.63) is 46.2 Å². The van der Waals surface area contributed by atoms with Crippen LogP contribution in [-0.4, -0.2) is 18.5 Å². The third-order valence-electron chi connectivity index (χ3n) is 3.11. The molecule has 20 heavy (non-hydrogen) atoms. The molecule has 0 aliphatic heterocycles. The molecule has 0 bridgehead atoms. The van der Waals surface area contributed by atoms with E-state index in [9.17, 15) is 4.39 Å². The molecule has 3 nitrogen and oxygen atoms in total. The number of halogens is 2. The van der Waals surface area contributed by atoms with E-state index >= 15 is 0 Å². The minimum absolute atomic E-state index is 0.227. The van der Waals surface area contributed by atoms with Crippen molar-refractivity contribution in [3.63, 3.8) is 0 Å². The fourth-order valence-electron chi connectivity index (χ4n) is 2.08. The summed E-state index contributed by atoms with van der Waals surface area (Å²) in [6.45, 7) is 3.12. The van der Waals surface area contributed by atoms with Crippen LogP contribution in [0.1, 0.15) is 25.3 Å². The molecule has 5 heteroatoms. The van der Waals surface area contributed by atoms with Gasteiger partial charge in [0.1, 0.15) is 5.82 Å². The predicted octanol–water partition coefficient (Wildman–Crippen LogP) is 3.36. The van der Waals surface area contributed by atoms with E-state index in [0.717, 1.165) is 29.8 Å². The monoisotopic (exact) mass is 339 g/mol. The van der Waals surface area contributed by atoms with Gasteiger partial charge in [0.05, 0.1) is 6.54 Å². The normalized spacial score (nSPS) is 15.7. The molecule has 0 unspecified atom stereocenters. The van der Waals surface area contributed by atoms with Gasteiger partial charge in [-0.15, -0.1) is 0 Å². The fraction of sp³-hybridized carbons (Fsp3) is 0.400. The molecule has 2 rings (SSSR count). The Hall–Kier alpha value is -1.36. The topological polar surface area (TPSA) is 36.4 Å². The van der Waals surface area contributed by atoms with E-state index in [0.29, 0.717) is 18.2 Å². The minimum atomic E-state index is -0.227. The van der Waals surface area contributed by atoms with Crippen molar-refractivity contribution in [3.8, 4) is 0 Å². The third kappa shape index (κ3) is 4.34. The second-order valence-corrected chi connectivity index (χ2v) is 5.63. The van der Waals surface area contributed by atoms with Gasteiger partial charge in [-0.3, -0.25) is 0 Å². The molecule has 0 atom stereocenters. The number of rotatable bonds is 4. The summed E-state index contributed by atoms with van der Waals surface area (Å²) >= 11 is 3.35. The van der Waals surface area contributed by atoms with Gasteiger partial charge in [-0.2, -0.15) is 0 Å². The summed E-state index contributed by atoms with van der Waals surface area (Å²) in [5, 5.41) is 6.55. The van der Waals surface area contributed by atoms with E-state index in [1.54, 1.807) is 12.1 Å². The number of benzene rings is 1. The average Bonchev–Trinajstić information content (AvgIpc) is 2.93. The predicted molar refractivity (Wildman–Crippen MR) is 84.2 cm³/mol. The molecule has 0 saturated carbocycles. The maximum absolute atomic E-state index is 13.7. The fourth-order valence-corrected chi connectivity index (χ4v) is 2.49. The molecule has 1 aromatic carbocycles. The summed E-state index contributed by atoms with van der Waals surface area (Å²) in [5.74, 6) is 0.510. The summed E-state index contributed by atoms with van der Waals surface area (Å²) in [5.41, 5.74) is 0.584. The molecule has 0 radical (unpaired) electrons. The maximum atomic E-state index is 13.7. The van der Waals surface area contributed by atoms with Gasteiger partial charge in [-0.1, -0.05) is 28.1 Å². The second kappa shape index (κ2) is 7.43. The lowest BCUT2D eigenvalue weighted by Gasteiger charge is -2.16. The Kier molecular flexibility index (Phi) is 5.59. The van der Waals surface area contributed by atoms with Crippen LogP contribution in [0.3, 0.4) is 0 Å². The highest BCUT2D eigenvalue weighted by Gasteiger charge is 2.11. The Labute approximate surface area is 127 Å². The maximum Gasteiger partial charge on any atom is 0.191 e. The first kappa shape index (κ1) is 15.0. The van der Waals surface area contributed by atoms with Crippen LogP contribution in [0.5, 0.6) is 0 Å². The van der Waals surface area contributed by atoms with E-state index in [-0.39, 0.29) is 5.82 Å². The van der Waals surface area contributed by atoms with Crippen LogP contribution >= 0.6 is 15.9 Å². The Balaban J connectivity index is 2.02. The minimum Gasteiger partial charge on any atom is -0.357 e. The Morgan fingerprint density at radius 2 is 2.15 bits per heavy atom. The number of guanidine groups is 1. The molecule has 108 valence electrons. The van der Waals surface area contributed by atoms with Crippen LogP contribution in [-0.2, 0) is 6.54 Å². The van der Waals surface area contributed by atoms with Gasteiger partial charge in [-0.25, -0.2) is 9.38 Å². The Bertz CT molecular complexity index is 506. The Morgan fingerprint density at radius 3 is 2.85 bits per heavy atom. The van der Waals surface area contributed by atoms with Crippen molar-refractivity contribution in [2.75, 3.05) is 6.54 Å². The van der Waals surface area contributed by atoms with Crippen molar-refractivity contribution in [1.82, 2.24) is 10.6 Å². The second-order valence-electron chi connectivity index (χ2n) is 4.71. The molecule has 0 amide bonds. The lowest BCUT2D eigenvalue weighted by atomic mass is 10.2. The van der Waals surface area contributed by atoms with Crippen LogP contribution < -0.4 is 10.6 Å². The standard InChI is InChI=1S/C15H19BrFN3/c1-2-18-15(20-13-5-3-4-6-13)19-10-11-9-12(16)7-8-14(11)17/h3-4,7-9,13H,2,5-6,10H2,1H3,(H2,18,19,20). The van der Waals surface area contributed by atoms with E-state index in [1.807, 2.05) is 6.92 Å². The van der Waals surface area contributed by atoms with Crippen LogP contribution in [0, 0.1) is 5.82 Å². The zero-order valence-corrected chi connectivity index (χ0v) is 13.1. The van der Waals surface area contributed by atoms with Gasteiger partial charge in [0.25, 0.3) is 0 Å². The summed E-state index contributed by atoms with van der Waals surface area (Å²) < 4.78 is 14.5. The first-order valence-corrected chi connectivity index (χ1v) is 7.62. The zero-order valence-electron chi connectivity index (χ0n) is 11.5. The highest BCUT2D eigenvalue weighted by molar-refractivity contribution is 9.10. The molecule has 0 aromatic heterocycles. The Morgan fingerprint density at radius 1 is 1.40 bits per heavy atom. The highest BCUT2D eigenvalue weighted by Crippen LogP contribution is 2.16. The van der Waals surface area contributed by atoms with Gasteiger partial charge in [0, 0.05) is 22.6 Å². The van der Waals surface area contributed by atoms with Crippen molar-refractivity contribution >= 4 is 21.9 Å². The number of nitrogens with one attached hydrogen (secondary N) is 2. The lowest BCUT2D eigenvalue weighted by Crippen LogP contribution is -2.42. The van der Waals surface area contributed by atoms with Gasteiger partial charge < -0.3 is 10.6 Å². The molecule has 1 aliphatic carbocycles. The van der Waals surface area contributed by atoms with Crippen molar-refractivity contribution < 1.29 is 4.39 Å². The summed E-state index contributed by atoms with van der Waals surface area (Å²) in [4.78, 5) is 4.45. The molecular formula is C15H19BrFN3. The van der Waals surface area contributed by atoms with E-state index in [2.05, 4.69) is 43.7 Å². The number of nitrogens with zero attached hydrogens (tertiary/aromatic N) is 1. The third-order valence-corrected chi connectivity index (χ3v) is 3.60. The van der Waals surface area contributed by atoms with Gasteiger partial charge in [0.2, 0.25) is 0 Å². The van der Waals surface area contributed by atoms with E-state index < -0.39 is 0 Å². The molecule has 1 aromatic rings. The molecule has 0 fully saturated rings. The van der Waals surface area contributed by atoms with Crippen LogP contribution in [0.2, 0.25) is 0 Å². The summed E-state index contributed by atoms with van der Waals surface area (Å²) in [6, 6.07) is 5.30. The number of hydrogen-bond donors (Lipinski definition) is 2. The average molecular weight is 340 g/mol. The van der Waals surface area contributed by atoms with E-state index in [4.69, 9.17) is 0 Å². The van der Waals surface area contributed by atoms with Crippen molar-refractivity contribution in [2.24, 2.45) is 4.99 Å². The number of aliphatic imine (C=N–C) groups is 1. The van der Waals surface area contributed by atoms with Gasteiger partial charge >= 0.3 is 0 Å². The van der Waals surface area contributed by atoms with Gasteiger partial charge in [0.15, 0.2) is 5.96 Å². The first-order valence-electron chi connectivity index (χ1n) is 6.83. The van der Waals surface area contributed by atoms with Crippen LogP contribution in [0.25, 0.3) is 0 Å². The zero-order chi connectivity index (χ0) is 14.4. The molecule has 0 spiro atoms. The van der Waals surface area contributed by atoms with Crippen LogP contribution in [0.4, 0.5) is 4.39 Å². The van der Waals surface area contributed by atoms with Crippen molar-refractivity contribution in [2.45, 2.75) is 32.4 Å². The highest BCUT2D eigenvalue weighted by atomic mass is 79.9. The smallest absolute Gasteiger partial charge is 0.191 e.